The summed E-state index contributed by atoms with van der Waals surface area (Å²) in [4.78, 5) is 14.3. The second kappa shape index (κ2) is 9.01. The first-order valence-corrected chi connectivity index (χ1v) is 9.21. The van der Waals surface area contributed by atoms with Crippen molar-refractivity contribution in [2.24, 2.45) is 0 Å². The summed E-state index contributed by atoms with van der Waals surface area (Å²) < 4.78 is 38.1. The molecule has 1 amide bonds. The van der Waals surface area contributed by atoms with Gasteiger partial charge in [0.25, 0.3) is 0 Å². The summed E-state index contributed by atoms with van der Waals surface area (Å²) >= 11 is 0. The van der Waals surface area contributed by atoms with Gasteiger partial charge in [0, 0.05) is 49.8 Å². The van der Waals surface area contributed by atoms with E-state index >= 15 is 0 Å². The summed E-state index contributed by atoms with van der Waals surface area (Å²) in [5, 5.41) is 2.65. The molecular formula is C21H24F2N2O3. The maximum Gasteiger partial charge on any atom is 0.221 e. The van der Waals surface area contributed by atoms with Crippen LogP contribution in [0, 0.1) is 11.6 Å². The molecule has 2 aromatic carbocycles. The normalized spacial score (nSPS) is 16.6. The highest BCUT2D eigenvalue weighted by molar-refractivity contribution is 5.76. The number of nitrogens with one attached hydrogen (secondary N) is 1. The molecule has 150 valence electrons. The van der Waals surface area contributed by atoms with E-state index in [1.54, 1.807) is 7.11 Å². The Kier molecular flexibility index (Phi) is 6.46. The second-order valence-electron chi connectivity index (χ2n) is 6.88. The third-order valence-corrected chi connectivity index (χ3v) is 4.67. The Morgan fingerprint density at radius 1 is 1.32 bits per heavy atom. The van der Waals surface area contributed by atoms with Gasteiger partial charge in [-0.05, 0) is 19.1 Å². The molecule has 1 aliphatic rings. The summed E-state index contributed by atoms with van der Waals surface area (Å²) in [6.07, 6.45) is 0.229. The fraction of sp³-hybridized carbons (Fsp3) is 0.381. The highest BCUT2D eigenvalue weighted by Crippen LogP contribution is 2.29. The molecule has 0 bridgehead atoms. The number of halogens is 2. The molecule has 5 nitrogen and oxygen atoms in total. The zero-order chi connectivity index (χ0) is 20.1. The summed E-state index contributed by atoms with van der Waals surface area (Å²) in [7, 11) is 1.61. The van der Waals surface area contributed by atoms with Crippen LogP contribution < -0.4 is 14.8 Å². The second-order valence-corrected chi connectivity index (χ2v) is 6.88. The predicted molar refractivity (Wildman–Crippen MR) is 101 cm³/mol. The van der Waals surface area contributed by atoms with E-state index in [2.05, 4.69) is 10.2 Å². The van der Waals surface area contributed by atoms with Crippen molar-refractivity contribution in [1.82, 2.24) is 10.2 Å². The van der Waals surface area contributed by atoms with Crippen molar-refractivity contribution in [1.29, 1.82) is 0 Å². The van der Waals surface area contributed by atoms with E-state index in [0.29, 0.717) is 19.6 Å². The van der Waals surface area contributed by atoms with Crippen molar-refractivity contribution in [2.75, 3.05) is 20.2 Å². The minimum absolute atomic E-state index is 0.0298. The molecule has 1 N–H and O–H groups in total. The Hall–Kier alpha value is -2.67. The summed E-state index contributed by atoms with van der Waals surface area (Å²) in [5.41, 5.74) is 1.17. The number of amides is 1. The number of carbonyl (C=O) groups excluding carboxylic acids is 1. The molecule has 0 saturated heterocycles. The van der Waals surface area contributed by atoms with Crippen LogP contribution >= 0.6 is 0 Å². The molecule has 0 fully saturated rings. The van der Waals surface area contributed by atoms with Crippen molar-refractivity contribution in [3.8, 4) is 11.5 Å². The molecule has 0 aliphatic carbocycles. The minimum Gasteiger partial charge on any atom is -0.497 e. The lowest BCUT2D eigenvalue weighted by atomic mass is 10.1. The molecule has 0 radical (unpaired) electrons. The van der Waals surface area contributed by atoms with Gasteiger partial charge >= 0.3 is 0 Å². The fourth-order valence-corrected chi connectivity index (χ4v) is 3.22. The zero-order valence-corrected chi connectivity index (χ0v) is 16.0. The molecule has 3 rings (SSSR count). The van der Waals surface area contributed by atoms with Crippen LogP contribution in [0.1, 0.15) is 24.5 Å². The Morgan fingerprint density at radius 3 is 2.93 bits per heavy atom. The van der Waals surface area contributed by atoms with E-state index in [4.69, 9.17) is 9.47 Å². The van der Waals surface area contributed by atoms with Crippen LogP contribution in [0.4, 0.5) is 8.78 Å². The standard InChI is InChI=1S/C21H24F2N2O3/c1-14-12-25(13-16-6-7-17(27-2)10-19(16)28-14)9-8-20(26)24-11-15-4-3-5-18(22)21(15)23/h3-7,10,14H,8-9,11-13H2,1-2H3,(H,24,26)/t14-/m0/s1. The predicted octanol–water partition coefficient (Wildman–Crippen LogP) is 3.26. The lowest BCUT2D eigenvalue weighted by Crippen LogP contribution is -2.34. The number of hydrogen-bond acceptors (Lipinski definition) is 4. The molecule has 1 atom stereocenters. The molecule has 7 heteroatoms. The van der Waals surface area contributed by atoms with Crippen molar-refractivity contribution in [3.63, 3.8) is 0 Å². The molecular weight excluding hydrogens is 366 g/mol. The molecule has 1 heterocycles. The molecule has 0 saturated carbocycles. The van der Waals surface area contributed by atoms with E-state index < -0.39 is 11.6 Å². The number of carbonyl (C=O) groups is 1. The van der Waals surface area contributed by atoms with Gasteiger partial charge in [-0.1, -0.05) is 18.2 Å². The van der Waals surface area contributed by atoms with Crippen LogP contribution in [0.2, 0.25) is 0 Å². The van der Waals surface area contributed by atoms with Gasteiger partial charge in [0.2, 0.25) is 5.91 Å². The highest BCUT2D eigenvalue weighted by atomic mass is 19.2. The molecule has 28 heavy (non-hydrogen) atoms. The SMILES string of the molecule is COc1ccc2c(c1)O[C@@H](C)CN(CCC(=O)NCc1cccc(F)c1F)C2. The molecule has 0 aromatic heterocycles. The van der Waals surface area contributed by atoms with Gasteiger partial charge in [-0.3, -0.25) is 9.69 Å². The van der Waals surface area contributed by atoms with Crippen LogP contribution in [0.5, 0.6) is 11.5 Å². The van der Waals surface area contributed by atoms with Gasteiger partial charge in [-0.2, -0.15) is 0 Å². The Labute approximate surface area is 163 Å². The van der Waals surface area contributed by atoms with Gasteiger partial charge in [-0.25, -0.2) is 8.78 Å². The lowest BCUT2D eigenvalue weighted by Gasteiger charge is -2.21. The van der Waals surface area contributed by atoms with Gasteiger partial charge < -0.3 is 14.8 Å². The Morgan fingerprint density at radius 2 is 2.14 bits per heavy atom. The lowest BCUT2D eigenvalue weighted by molar-refractivity contribution is -0.121. The van der Waals surface area contributed by atoms with E-state index in [9.17, 15) is 13.6 Å². The topological polar surface area (TPSA) is 50.8 Å². The molecule has 2 aromatic rings. The fourth-order valence-electron chi connectivity index (χ4n) is 3.22. The van der Waals surface area contributed by atoms with Crippen LogP contribution in [0.15, 0.2) is 36.4 Å². The maximum atomic E-state index is 13.7. The van der Waals surface area contributed by atoms with E-state index in [0.717, 1.165) is 23.1 Å². The number of fused-ring (bicyclic) bond motifs is 1. The van der Waals surface area contributed by atoms with E-state index in [1.807, 2.05) is 25.1 Å². The van der Waals surface area contributed by atoms with Gasteiger partial charge in [0.15, 0.2) is 11.6 Å². The van der Waals surface area contributed by atoms with Crippen LogP contribution in [0.25, 0.3) is 0 Å². The Bertz CT molecular complexity index is 844. The molecule has 0 unspecified atom stereocenters. The Balaban J connectivity index is 1.54. The highest BCUT2D eigenvalue weighted by Gasteiger charge is 2.21. The quantitative estimate of drug-likeness (QED) is 0.823. The van der Waals surface area contributed by atoms with Crippen molar-refractivity contribution >= 4 is 5.91 Å². The van der Waals surface area contributed by atoms with Gasteiger partial charge in [-0.15, -0.1) is 0 Å². The average Bonchev–Trinajstić information content (AvgIpc) is 2.84. The van der Waals surface area contributed by atoms with Crippen molar-refractivity contribution in [3.05, 3.63) is 59.2 Å². The number of rotatable bonds is 6. The number of ether oxygens (including phenoxy) is 2. The van der Waals surface area contributed by atoms with Crippen LogP contribution in [-0.4, -0.2) is 37.1 Å². The number of methoxy groups -OCH3 is 1. The van der Waals surface area contributed by atoms with Gasteiger partial charge in [0.05, 0.1) is 7.11 Å². The van der Waals surface area contributed by atoms with Crippen molar-refractivity contribution < 1.29 is 23.0 Å². The van der Waals surface area contributed by atoms with E-state index in [-0.39, 0.29) is 30.5 Å². The average molecular weight is 390 g/mol. The van der Waals surface area contributed by atoms with Crippen LogP contribution in [0.3, 0.4) is 0 Å². The first-order chi connectivity index (χ1) is 13.5. The van der Waals surface area contributed by atoms with E-state index in [1.165, 1.54) is 12.1 Å². The first-order valence-electron chi connectivity index (χ1n) is 9.21. The maximum absolute atomic E-state index is 13.7. The first kappa shape index (κ1) is 20.1. The number of nitrogens with zero attached hydrogens (tertiary/aromatic N) is 1. The minimum atomic E-state index is -0.923. The summed E-state index contributed by atoms with van der Waals surface area (Å²) in [6, 6.07) is 9.65. The number of benzene rings is 2. The monoisotopic (exact) mass is 390 g/mol. The smallest absolute Gasteiger partial charge is 0.221 e. The zero-order valence-electron chi connectivity index (χ0n) is 16.0. The van der Waals surface area contributed by atoms with Crippen molar-refractivity contribution in [2.45, 2.75) is 32.5 Å². The number of hydrogen-bond donors (Lipinski definition) is 1. The largest absolute Gasteiger partial charge is 0.497 e. The third kappa shape index (κ3) is 4.98. The van der Waals surface area contributed by atoms with Crippen LogP contribution in [-0.2, 0) is 17.9 Å². The summed E-state index contributed by atoms with van der Waals surface area (Å²) in [6.45, 7) is 3.83. The summed E-state index contributed by atoms with van der Waals surface area (Å²) in [5.74, 6) is -0.519. The third-order valence-electron chi connectivity index (χ3n) is 4.67. The molecule has 0 spiro atoms. The van der Waals surface area contributed by atoms with Gasteiger partial charge in [0.1, 0.15) is 17.6 Å². The molecule has 1 aliphatic heterocycles.